The number of fused-ring (bicyclic) bond motifs is 1. The van der Waals surface area contributed by atoms with E-state index in [2.05, 4.69) is 10.3 Å². The lowest BCUT2D eigenvalue weighted by Gasteiger charge is -2.10. The molecule has 0 radical (unpaired) electrons. The van der Waals surface area contributed by atoms with E-state index in [9.17, 15) is 13.8 Å². The second-order valence-electron chi connectivity index (χ2n) is 8.98. The fourth-order valence-electron chi connectivity index (χ4n) is 4.15. The van der Waals surface area contributed by atoms with Crippen molar-refractivity contribution in [2.45, 2.75) is 22.9 Å². The predicted molar refractivity (Wildman–Crippen MR) is 154 cm³/mol. The number of methoxy groups -OCH3 is 1. The largest absolute Gasteiger partial charge is 0.489 e. The number of nitrogens with one attached hydrogen (secondary N) is 1. The first-order valence-electron chi connectivity index (χ1n) is 12.5. The Balaban J connectivity index is 1.23. The second-order valence-corrected chi connectivity index (χ2v) is 10.4. The number of benzene rings is 4. The first-order valence-corrected chi connectivity index (χ1v) is 13.7. The van der Waals surface area contributed by atoms with Gasteiger partial charge in [-0.2, -0.15) is 0 Å². The number of aromatic nitrogens is 1. The number of esters is 1. The summed E-state index contributed by atoms with van der Waals surface area (Å²) >= 11 is 0. The molecule has 5 rings (SSSR count). The number of ether oxygens (including phenoxy) is 2. The summed E-state index contributed by atoms with van der Waals surface area (Å²) in [6, 6.07) is 31.4. The number of carbonyl (C=O) groups excluding carboxylic acids is 2. The first-order chi connectivity index (χ1) is 19.5. The van der Waals surface area contributed by atoms with Crippen LogP contribution in [0.2, 0.25) is 0 Å². The molecule has 1 heterocycles. The third-order valence-electron chi connectivity index (χ3n) is 6.20. The Bertz CT molecular complexity index is 1690. The molecule has 0 bridgehead atoms. The van der Waals surface area contributed by atoms with Gasteiger partial charge in [0.1, 0.15) is 28.2 Å². The van der Waals surface area contributed by atoms with Gasteiger partial charge < -0.3 is 14.8 Å². The van der Waals surface area contributed by atoms with Crippen molar-refractivity contribution in [3.63, 3.8) is 0 Å². The van der Waals surface area contributed by atoms with Gasteiger partial charge in [-0.1, -0.05) is 60.7 Å². The minimum atomic E-state index is -1.49. The summed E-state index contributed by atoms with van der Waals surface area (Å²) in [5.41, 5.74) is 2.39. The van der Waals surface area contributed by atoms with Crippen LogP contribution in [0.25, 0.3) is 10.8 Å². The van der Waals surface area contributed by atoms with E-state index in [1.54, 1.807) is 36.4 Å². The van der Waals surface area contributed by atoms with E-state index in [0.717, 1.165) is 22.1 Å². The molecule has 7 nitrogen and oxygen atoms in total. The van der Waals surface area contributed by atoms with Crippen molar-refractivity contribution in [2.24, 2.45) is 0 Å². The fourth-order valence-corrected chi connectivity index (χ4v) is 5.16. The maximum atomic E-state index is 13.2. The molecule has 0 saturated carbocycles. The Kier molecular flexibility index (Phi) is 8.27. The average molecular weight is 551 g/mol. The van der Waals surface area contributed by atoms with Crippen molar-refractivity contribution in [3.05, 3.63) is 126 Å². The number of hydrogen-bond donors (Lipinski definition) is 1. The number of nitrogens with zero attached hydrogens (tertiary/aromatic N) is 1. The summed E-state index contributed by atoms with van der Waals surface area (Å²) in [6.45, 7) is 0.485. The molecule has 0 aliphatic carbocycles. The minimum Gasteiger partial charge on any atom is -0.489 e. The Morgan fingerprint density at radius 1 is 0.825 bits per heavy atom. The summed E-state index contributed by atoms with van der Waals surface area (Å²) in [5, 5.41) is 5.05. The van der Waals surface area contributed by atoms with Gasteiger partial charge in [0.05, 0.1) is 24.8 Å². The SMILES string of the molecule is COC(=O)c1ccccc1NC(=O)Cc1ccc(S(=O)c2ccc3cc(OCc4ccccc4)ccc3c2)nc1. The van der Waals surface area contributed by atoms with Crippen molar-refractivity contribution in [2.75, 3.05) is 12.4 Å². The zero-order chi connectivity index (χ0) is 27.9. The van der Waals surface area contributed by atoms with Gasteiger partial charge in [-0.25, -0.2) is 14.0 Å². The fraction of sp³-hybridized carbons (Fsp3) is 0.0938. The van der Waals surface area contributed by atoms with Crippen LogP contribution in [-0.4, -0.2) is 28.2 Å². The molecule has 4 aromatic carbocycles. The lowest BCUT2D eigenvalue weighted by Crippen LogP contribution is -2.17. The van der Waals surface area contributed by atoms with Crippen molar-refractivity contribution >= 4 is 39.1 Å². The summed E-state index contributed by atoms with van der Waals surface area (Å²) in [7, 11) is -0.206. The zero-order valence-corrected chi connectivity index (χ0v) is 22.5. The maximum absolute atomic E-state index is 13.2. The predicted octanol–water partition coefficient (Wildman–Crippen LogP) is 5.95. The van der Waals surface area contributed by atoms with E-state index in [-0.39, 0.29) is 17.9 Å². The molecule has 0 spiro atoms. The third-order valence-corrected chi connectivity index (χ3v) is 7.51. The molecule has 200 valence electrons. The van der Waals surface area contributed by atoms with E-state index in [0.29, 0.717) is 27.8 Å². The highest BCUT2D eigenvalue weighted by molar-refractivity contribution is 7.85. The smallest absolute Gasteiger partial charge is 0.339 e. The molecule has 1 aromatic heterocycles. The van der Waals surface area contributed by atoms with Crippen molar-refractivity contribution < 1.29 is 23.3 Å². The van der Waals surface area contributed by atoms with E-state index in [1.165, 1.54) is 13.3 Å². The number of para-hydroxylation sites is 1. The topological polar surface area (TPSA) is 94.6 Å². The van der Waals surface area contributed by atoms with Gasteiger partial charge in [0.25, 0.3) is 0 Å². The molecule has 1 N–H and O–H groups in total. The van der Waals surface area contributed by atoms with Crippen LogP contribution >= 0.6 is 0 Å². The number of anilines is 1. The number of carbonyl (C=O) groups is 2. The quantitative estimate of drug-likeness (QED) is 0.228. The maximum Gasteiger partial charge on any atom is 0.339 e. The Morgan fingerprint density at radius 3 is 2.35 bits per heavy atom. The van der Waals surface area contributed by atoms with Gasteiger partial charge in [-0.15, -0.1) is 0 Å². The molecule has 1 amide bonds. The molecule has 1 atom stereocenters. The molecule has 0 aliphatic heterocycles. The summed E-state index contributed by atoms with van der Waals surface area (Å²) in [4.78, 5) is 29.5. The highest BCUT2D eigenvalue weighted by Crippen LogP contribution is 2.25. The van der Waals surface area contributed by atoms with Crippen molar-refractivity contribution in [1.29, 1.82) is 0 Å². The zero-order valence-electron chi connectivity index (χ0n) is 21.7. The molecule has 0 aliphatic rings. The molecule has 0 fully saturated rings. The Labute approximate surface area is 234 Å². The lowest BCUT2D eigenvalue weighted by molar-refractivity contribution is -0.115. The van der Waals surface area contributed by atoms with Crippen LogP contribution in [0.15, 0.2) is 119 Å². The summed E-state index contributed by atoms with van der Waals surface area (Å²) in [6.07, 6.45) is 1.58. The normalized spacial score (nSPS) is 11.5. The highest BCUT2D eigenvalue weighted by atomic mass is 32.2. The van der Waals surface area contributed by atoms with Crippen LogP contribution < -0.4 is 10.1 Å². The first kappa shape index (κ1) is 26.8. The van der Waals surface area contributed by atoms with Crippen LogP contribution in [0.3, 0.4) is 0 Å². The van der Waals surface area contributed by atoms with Crippen LogP contribution in [0.1, 0.15) is 21.5 Å². The van der Waals surface area contributed by atoms with Gasteiger partial charge in [-0.3, -0.25) is 4.79 Å². The molecule has 1 unspecified atom stereocenters. The van der Waals surface area contributed by atoms with Gasteiger partial charge in [-0.05, 0) is 64.4 Å². The number of rotatable bonds is 9. The molecule has 5 aromatic rings. The molecule has 0 saturated heterocycles. The summed E-state index contributed by atoms with van der Waals surface area (Å²) < 4.78 is 23.9. The number of amides is 1. The summed E-state index contributed by atoms with van der Waals surface area (Å²) in [5.74, 6) is -0.0797. The molecule has 40 heavy (non-hydrogen) atoms. The van der Waals surface area contributed by atoms with Crippen LogP contribution in [0.4, 0.5) is 5.69 Å². The van der Waals surface area contributed by atoms with Gasteiger partial charge in [0, 0.05) is 11.1 Å². The Hall–Kier alpha value is -4.82. The Morgan fingerprint density at radius 2 is 1.57 bits per heavy atom. The van der Waals surface area contributed by atoms with Gasteiger partial charge in [0.2, 0.25) is 5.91 Å². The van der Waals surface area contributed by atoms with E-state index < -0.39 is 16.8 Å². The van der Waals surface area contributed by atoms with E-state index >= 15 is 0 Å². The molecule has 8 heteroatoms. The van der Waals surface area contributed by atoms with E-state index in [1.807, 2.05) is 66.7 Å². The van der Waals surface area contributed by atoms with Gasteiger partial charge in [0.15, 0.2) is 0 Å². The second kappa shape index (κ2) is 12.4. The van der Waals surface area contributed by atoms with Crippen molar-refractivity contribution in [1.82, 2.24) is 4.98 Å². The van der Waals surface area contributed by atoms with Crippen LogP contribution in [0.5, 0.6) is 5.75 Å². The van der Waals surface area contributed by atoms with E-state index in [4.69, 9.17) is 9.47 Å². The molecular formula is C32H26N2O5S. The van der Waals surface area contributed by atoms with Crippen LogP contribution in [0, 0.1) is 0 Å². The third kappa shape index (κ3) is 6.42. The number of hydrogen-bond acceptors (Lipinski definition) is 6. The monoisotopic (exact) mass is 550 g/mol. The number of pyridine rings is 1. The van der Waals surface area contributed by atoms with Crippen LogP contribution in [-0.2, 0) is 33.4 Å². The van der Waals surface area contributed by atoms with Crippen molar-refractivity contribution in [3.8, 4) is 5.75 Å². The van der Waals surface area contributed by atoms with Gasteiger partial charge >= 0.3 is 5.97 Å². The highest BCUT2D eigenvalue weighted by Gasteiger charge is 2.15. The molecular weight excluding hydrogens is 524 g/mol. The minimum absolute atomic E-state index is 0.0417. The standard InChI is InChI=1S/C32H26N2O5S/c1-38-32(36)28-9-5-6-10-29(28)34-30(35)17-23-11-16-31(33-20-23)40(37)27-15-13-24-18-26(14-12-25(24)19-27)39-21-22-7-3-2-4-8-22/h2-16,18-20H,17,21H2,1H3,(H,34,35). The average Bonchev–Trinajstić information content (AvgIpc) is 3.00. The lowest BCUT2D eigenvalue weighted by atomic mass is 10.1.